The summed E-state index contributed by atoms with van der Waals surface area (Å²) in [6.07, 6.45) is -7.07. The van der Waals surface area contributed by atoms with Gasteiger partial charge >= 0.3 is 12.1 Å². The molecular weight excluding hydrogens is 426 g/mol. The van der Waals surface area contributed by atoms with E-state index < -0.39 is 42.8 Å². The Bertz CT molecular complexity index is 934. The number of para-hydroxylation sites is 1. The number of carboxylic acid groups (broad SMARTS) is 1. The molecule has 0 unspecified atom stereocenters. The van der Waals surface area contributed by atoms with E-state index in [9.17, 15) is 24.9 Å². The number of aliphatic hydroxyl groups excluding tert-OH is 3. The van der Waals surface area contributed by atoms with Crippen LogP contribution < -0.4 is 14.9 Å². The molecule has 0 spiro atoms. The molecule has 2 aromatic rings. The first-order chi connectivity index (χ1) is 15.3. The van der Waals surface area contributed by atoms with Crippen LogP contribution in [0.25, 0.3) is 0 Å². The molecule has 1 amide bonds. The van der Waals surface area contributed by atoms with Crippen LogP contribution in [-0.4, -0.2) is 63.2 Å². The smallest absolute Gasteiger partial charge is 0.412 e. The van der Waals surface area contributed by atoms with E-state index in [4.69, 9.17) is 24.4 Å². The predicted octanol–water partition coefficient (Wildman–Crippen LogP) is 0.811. The third kappa shape index (κ3) is 5.72. The standard InChI is InChI=1S/C21H23NO10/c1-11-16(23)17(24)18(25)20(29-11)32-31-13-8-6-12(7-9-13)10-22-21(28)30-15-5-3-2-4-14(15)19(26)27/h2-9,11,16-18,20,23-25H,10H2,1H3,(H,22,28)(H,26,27)/t11-,16-,17+,18-,20+/m1/s1. The largest absolute Gasteiger partial charge is 0.478 e. The molecule has 1 aliphatic rings. The number of aromatic carboxylic acids is 1. The minimum atomic E-state index is -1.50. The Morgan fingerprint density at radius 1 is 1.00 bits per heavy atom. The van der Waals surface area contributed by atoms with Gasteiger partial charge in [-0.3, -0.25) is 0 Å². The number of carbonyl (C=O) groups is 2. The molecule has 5 N–H and O–H groups in total. The Morgan fingerprint density at radius 2 is 1.69 bits per heavy atom. The van der Waals surface area contributed by atoms with E-state index in [1.54, 1.807) is 18.2 Å². The van der Waals surface area contributed by atoms with E-state index >= 15 is 0 Å². The molecule has 0 saturated carbocycles. The maximum absolute atomic E-state index is 12.0. The van der Waals surface area contributed by atoms with Gasteiger partial charge < -0.3 is 40.1 Å². The highest BCUT2D eigenvalue weighted by molar-refractivity contribution is 5.91. The van der Waals surface area contributed by atoms with E-state index in [2.05, 4.69) is 5.32 Å². The minimum absolute atomic E-state index is 0.0718. The van der Waals surface area contributed by atoms with Gasteiger partial charge in [0.15, 0.2) is 5.75 Å². The summed E-state index contributed by atoms with van der Waals surface area (Å²) in [6.45, 7) is 1.62. The fourth-order valence-corrected chi connectivity index (χ4v) is 2.90. The maximum Gasteiger partial charge on any atom is 0.412 e. The van der Waals surface area contributed by atoms with E-state index in [-0.39, 0.29) is 23.6 Å². The lowest BCUT2D eigenvalue weighted by Crippen LogP contribution is -2.57. The highest BCUT2D eigenvalue weighted by Gasteiger charge is 2.43. The number of nitrogens with one attached hydrogen (secondary N) is 1. The molecule has 11 heteroatoms. The highest BCUT2D eigenvalue weighted by Crippen LogP contribution is 2.23. The van der Waals surface area contributed by atoms with Crippen LogP contribution in [0, 0.1) is 0 Å². The van der Waals surface area contributed by atoms with Crippen LogP contribution in [-0.2, 0) is 16.2 Å². The summed E-state index contributed by atoms with van der Waals surface area (Å²) in [5.74, 6) is -1.02. The van der Waals surface area contributed by atoms with Crippen molar-refractivity contribution >= 4 is 12.1 Å². The van der Waals surface area contributed by atoms with Crippen LogP contribution in [0.4, 0.5) is 4.79 Å². The van der Waals surface area contributed by atoms with Crippen LogP contribution in [0.5, 0.6) is 11.5 Å². The second-order valence-electron chi connectivity index (χ2n) is 7.05. The Kier molecular flexibility index (Phi) is 7.62. The van der Waals surface area contributed by atoms with Crippen LogP contribution in [0.1, 0.15) is 22.8 Å². The van der Waals surface area contributed by atoms with Gasteiger partial charge in [-0.1, -0.05) is 24.3 Å². The van der Waals surface area contributed by atoms with Crippen molar-refractivity contribution in [1.29, 1.82) is 0 Å². The average molecular weight is 449 g/mol. The fourth-order valence-electron chi connectivity index (χ4n) is 2.90. The van der Waals surface area contributed by atoms with E-state index in [0.29, 0.717) is 5.56 Å². The lowest BCUT2D eigenvalue weighted by molar-refractivity contribution is -0.383. The number of hydrogen-bond donors (Lipinski definition) is 5. The summed E-state index contributed by atoms with van der Waals surface area (Å²) in [6, 6.07) is 12.1. The molecule has 11 nitrogen and oxygen atoms in total. The fraction of sp³-hybridized carbons (Fsp3) is 0.333. The van der Waals surface area contributed by atoms with Crippen molar-refractivity contribution in [2.24, 2.45) is 0 Å². The van der Waals surface area contributed by atoms with Crippen molar-refractivity contribution in [2.75, 3.05) is 0 Å². The second kappa shape index (κ2) is 10.4. The molecule has 1 saturated heterocycles. The lowest BCUT2D eigenvalue weighted by Gasteiger charge is -2.37. The van der Waals surface area contributed by atoms with Gasteiger partial charge in [-0.15, -0.1) is 0 Å². The first kappa shape index (κ1) is 23.4. The number of carboxylic acids is 1. The van der Waals surface area contributed by atoms with Crippen molar-refractivity contribution < 1.29 is 49.3 Å². The quantitative estimate of drug-likeness (QED) is 0.302. The van der Waals surface area contributed by atoms with Crippen molar-refractivity contribution in [1.82, 2.24) is 5.32 Å². The summed E-state index contributed by atoms with van der Waals surface area (Å²) in [7, 11) is 0. The number of hydrogen-bond acceptors (Lipinski definition) is 9. The highest BCUT2D eigenvalue weighted by atomic mass is 17.2. The zero-order chi connectivity index (χ0) is 23.3. The van der Waals surface area contributed by atoms with Crippen molar-refractivity contribution in [2.45, 2.75) is 44.2 Å². The van der Waals surface area contributed by atoms with Crippen LogP contribution in [0.3, 0.4) is 0 Å². The number of carbonyl (C=O) groups excluding carboxylic acids is 1. The van der Waals surface area contributed by atoms with Gasteiger partial charge in [-0.05, 0) is 36.8 Å². The first-order valence-corrected chi connectivity index (χ1v) is 9.66. The molecule has 0 aromatic heterocycles. The van der Waals surface area contributed by atoms with Crippen molar-refractivity contribution in [3.05, 3.63) is 59.7 Å². The SMILES string of the molecule is C[C@H]1O[C@@H](OOc2ccc(CNC(=O)Oc3ccccc3C(=O)O)cc2)[C@H](O)[C@@H](O)[C@@H]1O. The van der Waals surface area contributed by atoms with Gasteiger partial charge in [0, 0.05) is 6.54 Å². The van der Waals surface area contributed by atoms with Gasteiger partial charge in [-0.25, -0.2) is 9.59 Å². The molecule has 2 aromatic carbocycles. The molecule has 32 heavy (non-hydrogen) atoms. The van der Waals surface area contributed by atoms with Gasteiger partial charge in [0.1, 0.15) is 29.6 Å². The summed E-state index contributed by atoms with van der Waals surface area (Å²) >= 11 is 0. The Morgan fingerprint density at radius 3 is 2.38 bits per heavy atom. The molecule has 3 rings (SSSR count). The van der Waals surface area contributed by atoms with Gasteiger partial charge in [0.05, 0.1) is 6.10 Å². The number of rotatable bonds is 7. The van der Waals surface area contributed by atoms with Gasteiger partial charge in [0.25, 0.3) is 0 Å². The molecule has 1 aliphatic heterocycles. The zero-order valence-electron chi connectivity index (χ0n) is 17.0. The van der Waals surface area contributed by atoms with Crippen LogP contribution >= 0.6 is 0 Å². The monoisotopic (exact) mass is 449 g/mol. The number of benzene rings is 2. The zero-order valence-corrected chi connectivity index (χ0v) is 17.0. The van der Waals surface area contributed by atoms with E-state index in [1.807, 2.05) is 0 Å². The minimum Gasteiger partial charge on any atom is -0.478 e. The number of amides is 1. The molecule has 172 valence electrons. The van der Waals surface area contributed by atoms with E-state index in [1.165, 1.54) is 37.3 Å². The third-order valence-electron chi connectivity index (χ3n) is 4.73. The molecule has 1 heterocycles. The molecule has 1 fully saturated rings. The summed E-state index contributed by atoms with van der Waals surface area (Å²) in [5.41, 5.74) is 0.551. The van der Waals surface area contributed by atoms with Gasteiger partial charge in [0.2, 0.25) is 6.29 Å². The maximum atomic E-state index is 12.0. The molecule has 0 bridgehead atoms. The number of ether oxygens (including phenoxy) is 2. The summed E-state index contributed by atoms with van der Waals surface area (Å²) in [5, 5.41) is 41.0. The molecule has 0 radical (unpaired) electrons. The summed E-state index contributed by atoms with van der Waals surface area (Å²) in [4.78, 5) is 33.2. The number of aliphatic hydroxyl groups is 3. The van der Waals surface area contributed by atoms with Crippen LogP contribution in [0.2, 0.25) is 0 Å². The van der Waals surface area contributed by atoms with Crippen LogP contribution in [0.15, 0.2) is 48.5 Å². The Balaban J connectivity index is 1.48. The topological polar surface area (TPSA) is 164 Å². The molecule has 0 aliphatic carbocycles. The van der Waals surface area contributed by atoms with E-state index in [0.717, 1.165) is 0 Å². The average Bonchev–Trinajstić information content (AvgIpc) is 2.78. The summed E-state index contributed by atoms with van der Waals surface area (Å²) < 4.78 is 10.3. The molecular formula is C21H23NO10. The second-order valence-corrected chi connectivity index (χ2v) is 7.05. The molecule has 5 atom stereocenters. The van der Waals surface area contributed by atoms with Gasteiger partial charge in [-0.2, -0.15) is 4.89 Å². The van der Waals surface area contributed by atoms with Crippen molar-refractivity contribution in [3.8, 4) is 11.5 Å². The Labute approximate surface area is 182 Å². The predicted molar refractivity (Wildman–Crippen MR) is 107 cm³/mol. The Hall–Kier alpha value is -3.22. The normalized spacial score (nSPS) is 25.1. The third-order valence-corrected chi connectivity index (χ3v) is 4.73. The van der Waals surface area contributed by atoms with Crippen molar-refractivity contribution in [3.63, 3.8) is 0 Å². The first-order valence-electron chi connectivity index (χ1n) is 9.66. The lowest BCUT2D eigenvalue weighted by atomic mass is 10.0.